The third-order valence-corrected chi connectivity index (χ3v) is 5.03. The Morgan fingerprint density at radius 3 is 2.71 bits per heavy atom. The van der Waals surface area contributed by atoms with Crippen molar-refractivity contribution < 1.29 is 19.4 Å². The molecule has 1 atom stereocenters. The van der Waals surface area contributed by atoms with E-state index in [4.69, 9.17) is 16.3 Å². The summed E-state index contributed by atoms with van der Waals surface area (Å²) in [4.78, 5) is 31.5. The lowest BCUT2D eigenvalue weighted by molar-refractivity contribution is 0.00715. The number of aliphatic hydroxyl groups is 1. The molecular formula is C19H20ClN3O4S. The molecular weight excluding hydrogens is 402 g/mol. The molecule has 2 aromatic heterocycles. The molecule has 0 saturated heterocycles. The maximum Gasteiger partial charge on any atom is 0.340 e. The number of carbonyl (C=O) groups excluding carboxylic acids is 2. The largest absolute Gasteiger partial charge is 0.456 e. The second kappa shape index (κ2) is 7.54. The van der Waals surface area contributed by atoms with Crippen molar-refractivity contribution in [2.75, 3.05) is 7.05 Å². The van der Waals surface area contributed by atoms with E-state index in [2.05, 4.69) is 15.3 Å². The van der Waals surface area contributed by atoms with E-state index < -0.39 is 17.7 Å². The third kappa shape index (κ3) is 4.04. The summed E-state index contributed by atoms with van der Waals surface area (Å²) >= 11 is 7.38. The molecule has 0 aliphatic rings. The van der Waals surface area contributed by atoms with Crippen LogP contribution in [0.5, 0.6) is 0 Å². The molecule has 1 unspecified atom stereocenters. The van der Waals surface area contributed by atoms with Crippen LogP contribution in [0.15, 0.2) is 23.7 Å². The van der Waals surface area contributed by atoms with E-state index in [1.165, 1.54) is 24.5 Å². The maximum absolute atomic E-state index is 12.6. The molecule has 1 amide bonds. The first-order chi connectivity index (χ1) is 13.1. The van der Waals surface area contributed by atoms with Crippen LogP contribution in [0.3, 0.4) is 0 Å². The van der Waals surface area contributed by atoms with Gasteiger partial charge in [-0.15, -0.1) is 11.3 Å². The van der Waals surface area contributed by atoms with Gasteiger partial charge in [0.25, 0.3) is 5.91 Å². The Hall–Kier alpha value is -2.42. The van der Waals surface area contributed by atoms with Crippen LogP contribution in [-0.4, -0.2) is 39.6 Å². The highest BCUT2D eigenvalue weighted by Crippen LogP contribution is 2.34. The summed E-state index contributed by atoms with van der Waals surface area (Å²) in [5, 5.41) is 16.1. The normalized spacial score (nSPS) is 12.8. The monoisotopic (exact) mass is 421 g/mol. The van der Waals surface area contributed by atoms with Crippen molar-refractivity contribution in [2.24, 2.45) is 0 Å². The first-order valence-corrected chi connectivity index (χ1v) is 9.76. The minimum Gasteiger partial charge on any atom is -0.456 e. The summed E-state index contributed by atoms with van der Waals surface area (Å²) in [6, 6.07) is 3.19. The van der Waals surface area contributed by atoms with E-state index in [1.807, 2.05) is 0 Å². The summed E-state index contributed by atoms with van der Waals surface area (Å²) in [5.41, 5.74) is 0.864. The van der Waals surface area contributed by atoms with Gasteiger partial charge in [-0.05, 0) is 32.9 Å². The fourth-order valence-electron chi connectivity index (χ4n) is 2.72. The minimum absolute atomic E-state index is 0.230. The van der Waals surface area contributed by atoms with Gasteiger partial charge in [-0.25, -0.2) is 9.78 Å². The number of thiazole rings is 1. The smallest absolute Gasteiger partial charge is 0.340 e. The van der Waals surface area contributed by atoms with Gasteiger partial charge in [0, 0.05) is 34.6 Å². The van der Waals surface area contributed by atoms with Gasteiger partial charge in [-0.1, -0.05) is 11.6 Å². The van der Waals surface area contributed by atoms with Gasteiger partial charge in [-0.2, -0.15) is 0 Å². The SMILES string of the molecule is CNC(=O)c1csc(C(O)c2c[nH]c3c(C(=O)OC(C)(C)C)cc(Cl)cc23)n1. The lowest BCUT2D eigenvalue weighted by atomic mass is 10.1. The summed E-state index contributed by atoms with van der Waals surface area (Å²) < 4.78 is 5.45. The number of hydrogen-bond acceptors (Lipinski definition) is 6. The van der Waals surface area contributed by atoms with Gasteiger partial charge in [0.15, 0.2) is 0 Å². The number of halogens is 1. The van der Waals surface area contributed by atoms with Crippen molar-refractivity contribution in [3.8, 4) is 0 Å². The van der Waals surface area contributed by atoms with Crippen molar-refractivity contribution in [3.05, 3.63) is 50.6 Å². The first-order valence-electron chi connectivity index (χ1n) is 8.50. The molecule has 3 N–H and O–H groups in total. The zero-order valence-corrected chi connectivity index (χ0v) is 17.4. The van der Waals surface area contributed by atoms with Crippen LogP contribution in [-0.2, 0) is 4.74 Å². The Kier molecular flexibility index (Phi) is 5.47. The topological polar surface area (TPSA) is 104 Å². The lowest BCUT2D eigenvalue weighted by Gasteiger charge is -2.19. The molecule has 0 bridgehead atoms. The average Bonchev–Trinajstić information content (AvgIpc) is 3.25. The second-order valence-corrected chi connectivity index (χ2v) is 8.50. The molecule has 7 nitrogen and oxygen atoms in total. The number of rotatable bonds is 4. The van der Waals surface area contributed by atoms with Crippen LogP contribution in [0.2, 0.25) is 5.02 Å². The molecule has 3 rings (SSSR count). The molecule has 0 fully saturated rings. The predicted octanol–water partition coefficient (Wildman–Crippen LogP) is 3.67. The summed E-state index contributed by atoms with van der Waals surface area (Å²) in [7, 11) is 1.51. The number of benzene rings is 1. The molecule has 0 radical (unpaired) electrons. The zero-order chi connectivity index (χ0) is 20.6. The Morgan fingerprint density at radius 2 is 2.07 bits per heavy atom. The summed E-state index contributed by atoms with van der Waals surface area (Å²) in [6.07, 6.45) is 0.516. The van der Waals surface area contributed by atoms with E-state index in [-0.39, 0.29) is 17.2 Å². The number of ether oxygens (including phenoxy) is 1. The Bertz CT molecular complexity index is 1050. The molecule has 2 heterocycles. The van der Waals surface area contributed by atoms with Crippen LogP contribution in [0, 0.1) is 0 Å². The number of H-pyrrole nitrogens is 1. The second-order valence-electron chi connectivity index (χ2n) is 7.17. The van der Waals surface area contributed by atoms with E-state index in [0.717, 1.165) is 0 Å². The third-order valence-electron chi connectivity index (χ3n) is 3.92. The number of fused-ring (bicyclic) bond motifs is 1. The van der Waals surface area contributed by atoms with Crippen molar-refractivity contribution in [2.45, 2.75) is 32.5 Å². The highest BCUT2D eigenvalue weighted by molar-refractivity contribution is 7.10. The van der Waals surface area contributed by atoms with E-state index >= 15 is 0 Å². The van der Waals surface area contributed by atoms with Gasteiger partial charge >= 0.3 is 5.97 Å². The highest BCUT2D eigenvalue weighted by atomic mass is 35.5. The Morgan fingerprint density at radius 1 is 1.36 bits per heavy atom. The molecule has 0 saturated carbocycles. The van der Waals surface area contributed by atoms with Crippen molar-refractivity contribution >= 4 is 45.7 Å². The number of aromatic nitrogens is 2. The standard InChI is InChI=1S/C19H20ClN3O4S/c1-19(2,3)27-18(26)11-6-9(20)5-10-12(7-22-14(10)11)15(24)17-23-13(8-28-17)16(25)21-4/h5-8,15,22,24H,1-4H3,(H,21,25). The van der Waals surface area contributed by atoms with Crippen LogP contribution in [0.25, 0.3) is 10.9 Å². The number of nitrogens with one attached hydrogen (secondary N) is 2. The molecule has 148 valence electrons. The molecule has 0 aliphatic carbocycles. The summed E-state index contributed by atoms with van der Waals surface area (Å²) in [5.74, 6) is -0.845. The van der Waals surface area contributed by atoms with Crippen LogP contribution < -0.4 is 5.32 Å². The molecule has 28 heavy (non-hydrogen) atoms. The van der Waals surface area contributed by atoms with Crippen molar-refractivity contribution in [1.82, 2.24) is 15.3 Å². The number of esters is 1. The first kappa shape index (κ1) is 20.3. The van der Waals surface area contributed by atoms with Gasteiger partial charge in [0.1, 0.15) is 22.4 Å². The molecule has 0 aliphatic heterocycles. The van der Waals surface area contributed by atoms with E-state index in [0.29, 0.717) is 26.5 Å². The highest BCUT2D eigenvalue weighted by Gasteiger charge is 2.25. The van der Waals surface area contributed by atoms with Crippen LogP contribution >= 0.6 is 22.9 Å². The number of hydrogen-bond donors (Lipinski definition) is 3. The minimum atomic E-state index is -1.08. The van der Waals surface area contributed by atoms with Crippen molar-refractivity contribution in [1.29, 1.82) is 0 Å². The van der Waals surface area contributed by atoms with Gasteiger partial charge in [-0.3, -0.25) is 4.79 Å². The molecule has 9 heteroatoms. The average molecular weight is 422 g/mol. The Labute approximate surface area is 170 Å². The van der Waals surface area contributed by atoms with Gasteiger partial charge in [0.05, 0.1) is 11.1 Å². The molecule has 1 aromatic carbocycles. The number of carbonyl (C=O) groups is 2. The number of aliphatic hydroxyl groups excluding tert-OH is 1. The van der Waals surface area contributed by atoms with E-state index in [9.17, 15) is 14.7 Å². The molecule has 0 spiro atoms. The van der Waals surface area contributed by atoms with Crippen LogP contribution in [0.4, 0.5) is 0 Å². The van der Waals surface area contributed by atoms with Gasteiger partial charge in [0.2, 0.25) is 0 Å². The molecule has 3 aromatic rings. The maximum atomic E-state index is 12.6. The zero-order valence-electron chi connectivity index (χ0n) is 15.8. The van der Waals surface area contributed by atoms with Gasteiger partial charge < -0.3 is 20.1 Å². The number of amides is 1. The fourth-order valence-corrected chi connectivity index (χ4v) is 3.73. The van der Waals surface area contributed by atoms with Crippen LogP contribution in [0.1, 0.15) is 58.3 Å². The lowest BCUT2D eigenvalue weighted by Crippen LogP contribution is -2.24. The van der Waals surface area contributed by atoms with Crippen molar-refractivity contribution in [3.63, 3.8) is 0 Å². The number of nitrogens with zero attached hydrogens (tertiary/aromatic N) is 1. The van der Waals surface area contributed by atoms with E-state index in [1.54, 1.807) is 38.4 Å². The number of aromatic amines is 1. The quantitative estimate of drug-likeness (QED) is 0.557. The summed E-state index contributed by atoms with van der Waals surface area (Å²) in [6.45, 7) is 5.34. The predicted molar refractivity (Wildman–Crippen MR) is 108 cm³/mol. The fraction of sp³-hybridized carbons (Fsp3) is 0.316. The Balaban J connectivity index is 2.03.